The third-order valence-electron chi connectivity index (χ3n) is 2.89. The summed E-state index contributed by atoms with van der Waals surface area (Å²) in [5.41, 5.74) is 0.496. The summed E-state index contributed by atoms with van der Waals surface area (Å²) in [7, 11) is -3.75. The zero-order chi connectivity index (χ0) is 16.3. The lowest BCUT2D eigenvalue weighted by Gasteiger charge is -2.26. The molecule has 0 aliphatic rings. The molecule has 1 unspecified atom stereocenters. The monoisotopic (exact) mass is 323 g/mol. The average molecular weight is 323 g/mol. The number of alkyl halides is 3. The van der Waals surface area contributed by atoms with Crippen molar-refractivity contribution in [1.29, 1.82) is 0 Å². The van der Waals surface area contributed by atoms with E-state index in [0.717, 1.165) is 13.2 Å². The number of hydrogen-bond donors (Lipinski definition) is 0. The summed E-state index contributed by atoms with van der Waals surface area (Å²) in [5.74, 6) is -1.06. The molecule has 1 aromatic rings. The van der Waals surface area contributed by atoms with Crippen LogP contribution in [-0.4, -0.2) is 43.5 Å². The summed E-state index contributed by atoms with van der Waals surface area (Å²) < 4.78 is 60.5. The van der Waals surface area contributed by atoms with Crippen molar-refractivity contribution in [2.75, 3.05) is 12.8 Å². The van der Waals surface area contributed by atoms with Gasteiger partial charge in [0.05, 0.1) is 0 Å². The summed E-state index contributed by atoms with van der Waals surface area (Å²) in [6.45, 7) is -0.689. The van der Waals surface area contributed by atoms with Gasteiger partial charge in [-0.05, 0) is 12.5 Å². The number of benzene rings is 1. The molecule has 0 spiro atoms. The third-order valence-corrected chi connectivity index (χ3v) is 4.37. The molecule has 0 N–H and O–H groups in total. The van der Waals surface area contributed by atoms with E-state index in [1.807, 2.05) is 0 Å². The Labute approximate surface area is 121 Å². The van der Waals surface area contributed by atoms with E-state index in [0.29, 0.717) is 10.5 Å². The summed E-state index contributed by atoms with van der Waals surface area (Å²) in [6, 6.07) is 8.10. The van der Waals surface area contributed by atoms with Gasteiger partial charge >= 0.3 is 6.18 Å². The molecular formula is C13H16F3NO3S. The highest BCUT2D eigenvalue weighted by Gasteiger charge is 2.36. The second-order valence-electron chi connectivity index (χ2n) is 4.77. The predicted molar refractivity (Wildman–Crippen MR) is 72.2 cm³/mol. The van der Waals surface area contributed by atoms with E-state index in [4.69, 9.17) is 0 Å². The van der Waals surface area contributed by atoms with Gasteiger partial charge in [-0.2, -0.15) is 13.2 Å². The Morgan fingerprint density at radius 3 is 2.19 bits per heavy atom. The first kappa shape index (κ1) is 17.5. The smallest absolute Gasteiger partial charge is 0.328 e. The van der Waals surface area contributed by atoms with Crippen LogP contribution in [0.15, 0.2) is 30.3 Å². The van der Waals surface area contributed by atoms with Crippen LogP contribution < -0.4 is 0 Å². The first-order valence-electron chi connectivity index (χ1n) is 6.09. The minimum atomic E-state index is -4.60. The summed E-state index contributed by atoms with van der Waals surface area (Å²) >= 11 is 0. The minimum Gasteiger partial charge on any atom is -0.328 e. The third kappa shape index (κ3) is 5.74. The number of halogens is 3. The number of carbonyl (C=O) groups excluding carboxylic acids is 1. The molecule has 0 aromatic heterocycles. The van der Waals surface area contributed by atoms with Crippen molar-refractivity contribution in [3.63, 3.8) is 0 Å². The SMILES string of the molecule is CC(C(=O)N(Cc1ccccc1)CC(F)(F)F)S(C)(=O)=O. The Bertz CT molecular complexity index is 584. The Morgan fingerprint density at radius 1 is 1.24 bits per heavy atom. The highest BCUT2D eigenvalue weighted by atomic mass is 32.2. The van der Waals surface area contributed by atoms with Crippen LogP contribution in [0.4, 0.5) is 13.2 Å². The fourth-order valence-electron chi connectivity index (χ4n) is 1.67. The highest BCUT2D eigenvalue weighted by molar-refractivity contribution is 7.92. The lowest BCUT2D eigenvalue weighted by atomic mass is 10.2. The van der Waals surface area contributed by atoms with Gasteiger partial charge < -0.3 is 4.90 Å². The molecule has 1 atom stereocenters. The van der Waals surface area contributed by atoms with E-state index < -0.39 is 33.7 Å². The van der Waals surface area contributed by atoms with Crippen LogP contribution in [0.3, 0.4) is 0 Å². The van der Waals surface area contributed by atoms with E-state index in [2.05, 4.69) is 0 Å². The van der Waals surface area contributed by atoms with Crippen LogP contribution >= 0.6 is 0 Å². The molecule has 0 aliphatic heterocycles. The van der Waals surface area contributed by atoms with Gasteiger partial charge in [0.15, 0.2) is 9.84 Å². The molecule has 1 rings (SSSR count). The molecule has 8 heteroatoms. The predicted octanol–water partition coefficient (Wildman–Crippen LogP) is 2.01. The van der Waals surface area contributed by atoms with Crippen molar-refractivity contribution in [2.24, 2.45) is 0 Å². The van der Waals surface area contributed by atoms with Gasteiger partial charge in [-0.3, -0.25) is 4.79 Å². The Hall–Kier alpha value is -1.57. The van der Waals surface area contributed by atoms with Gasteiger partial charge in [0.1, 0.15) is 11.8 Å². The second-order valence-corrected chi connectivity index (χ2v) is 7.13. The molecule has 0 fully saturated rings. The summed E-state index contributed by atoms with van der Waals surface area (Å²) in [5, 5.41) is -1.51. The largest absolute Gasteiger partial charge is 0.406 e. The number of rotatable bonds is 5. The standard InChI is InChI=1S/C13H16F3NO3S/c1-10(21(2,19)20)12(18)17(9-13(14,15)16)8-11-6-4-3-5-7-11/h3-7,10H,8-9H2,1-2H3. The van der Waals surface area contributed by atoms with Crippen molar-refractivity contribution in [3.05, 3.63) is 35.9 Å². The molecule has 0 heterocycles. The highest BCUT2D eigenvalue weighted by Crippen LogP contribution is 2.20. The molecule has 0 bridgehead atoms. The molecule has 21 heavy (non-hydrogen) atoms. The summed E-state index contributed by atoms with van der Waals surface area (Å²) in [6.07, 6.45) is -3.77. The van der Waals surface area contributed by atoms with Crippen LogP contribution in [-0.2, 0) is 21.2 Å². The second kappa shape index (κ2) is 6.46. The van der Waals surface area contributed by atoms with Gasteiger partial charge in [0, 0.05) is 12.8 Å². The number of amides is 1. The van der Waals surface area contributed by atoms with Crippen molar-refractivity contribution in [2.45, 2.75) is 24.9 Å². The molecule has 0 radical (unpaired) electrons. The molecular weight excluding hydrogens is 307 g/mol. The van der Waals surface area contributed by atoms with E-state index >= 15 is 0 Å². The van der Waals surface area contributed by atoms with E-state index in [-0.39, 0.29) is 6.54 Å². The maximum Gasteiger partial charge on any atom is 0.406 e. The zero-order valence-electron chi connectivity index (χ0n) is 11.6. The lowest BCUT2D eigenvalue weighted by Crippen LogP contribution is -2.45. The molecule has 1 aromatic carbocycles. The minimum absolute atomic E-state index is 0.293. The quantitative estimate of drug-likeness (QED) is 0.833. The van der Waals surface area contributed by atoms with Gasteiger partial charge in [-0.25, -0.2) is 8.42 Å². The number of carbonyl (C=O) groups is 1. The molecule has 0 aliphatic carbocycles. The number of nitrogens with zero attached hydrogens (tertiary/aromatic N) is 1. The van der Waals surface area contributed by atoms with Crippen LogP contribution in [0.1, 0.15) is 12.5 Å². The summed E-state index contributed by atoms with van der Waals surface area (Å²) in [4.78, 5) is 12.5. The number of sulfone groups is 1. The van der Waals surface area contributed by atoms with Gasteiger partial charge in [0.25, 0.3) is 0 Å². The van der Waals surface area contributed by atoms with Crippen molar-refractivity contribution in [3.8, 4) is 0 Å². The van der Waals surface area contributed by atoms with Crippen LogP contribution in [0.5, 0.6) is 0 Å². The fraction of sp³-hybridized carbons (Fsp3) is 0.462. The van der Waals surface area contributed by atoms with Gasteiger partial charge in [0.2, 0.25) is 5.91 Å². The number of hydrogen-bond acceptors (Lipinski definition) is 3. The van der Waals surface area contributed by atoms with Crippen molar-refractivity contribution in [1.82, 2.24) is 4.90 Å². The maximum atomic E-state index is 12.6. The van der Waals surface area contributed by atoms with Crippen LogP contribution in [0, 0.1) is 0 Å². The molecule has 118 valence electrons. The van der Waals surface area contributed by atoms with Crippen LogP contribution in [0.25, 0.3) is 0 Å². The first-order chi connectivity index (χ1) is 9.50. The fourth-order valence-corrected chi connectivity index (χ4v) is 2.19. The lowest BCUT2D eigenvalue weighted by molar-refractivity contribution is -0.162. The van der Waals surface area contributed by atoms with E-state index in [9.17, 15) is 26.4 Å². The Kier molecular flexibility index (Phi) is 5.38. The first-order valence-corrected chi connectivity index (χ1v) is 8.04. The van der Waals surface area contributed by atoms with Gasteiger partial charge in [-0.1, -0.05) is 30.3 Å². The molecule has 4 nitrogen and oxygen atoms in total. The van der Waals surface area contributed by atoms with E-state index in [1.165, 1.54) is 0 Å². The van der Waals surface area contributed by atoms with Crippen LogP contribution in [0.2, 0.25) is 0 Å². The Balaban J connectivity index is 3.00. The van der Waals surface area contributed by atoms with Gasteiger partial charge in [-0.15, -0.1) is 0 Å². The molecule has 0 saturated heterocycles. The van der Waals surface area contributed by atoms with Crippen molar-refractivity contribution >= 4 is 15.7 Å². The van der Waals surface area contributed by atoms with E-state index in [1.54, 1.807) is 30.3 Å². The maximum absolute atomic E-state index is 12.6. The molecule has 0 saturated carbocycles. The average Bonchev–Trinajstić information content (AvgIpc) is 2.34. The topological polar surface area (TPSA) is 54.5 Å². The Morgan fingerprint density at radius 2 is 1.76 bits per heavy atom. The normalized spacial score (nSPS) is 13.8. The zero-order valence-corrected chi connectivity index (χ0v) is 12.4. The van der Waals surface area contributed by atoms with Crippen molar-refractivity contribution < 1.29 is 26.4 Å². The molecule has 1 amide bonds.